The van der Waals surface area contributed by atoms with Crippen molar-refractivity contribution in [3.63, 3.8) is 0 Å². The molecule has 41 heavy (non-hydrogen) atoms. The minimum atomic E-state index is -4.56. The van der Waals surface area contributed by atoms with E-state index < -0.39 is 17.6 Å². The molecule has 2 aromatic heterocycles. The van der Waals surface area contributed by atoms with Gasteiger partial charge in [0.05, 0.1) is 34.4 Å². The summed E-state index contributed by atoms with van der Waals surface area (Å²) in [5, 5.41) is 8.65. The van der Waals surface area contributed by atoms with E-state index >= 15 is 0 Å². The van der Waals surface area contributed by atoms with E-state index in [0.717, 1.165) is 41.7 Å². The van der Waals surface area contributed by atoms with Crippen LogP contribution in [-0.2, 0) is 13.2 Å². The summed E-state index contributed by atoms with van der Waals surface area (Å²) in [6.45, 7) is 9.63. The van der Waals surface area contributed by atoms with Gasteiger partial charge in [0.25, 0.3) is 5.91 Å². The molecule has 0 atom stereocenters. The minimum Gasteiger partial charge on any atom is -0.322 e. The number of aromatic nitrogens is 3. The Morgan fingerprint density at radius 1 is 1.12 bits per heavy atom. The summed E-state index contributed by atoms with van der Waals surface area (Å²) in [5.74, 6) is -0.559. The molecule has 0 saturated heterocycles. The van der Waals surface area contributed by atoms with Gasteiger partial charge in [0.1, 0.15) is 0 Å². The molecule has 216 valence electrons. The molecule has 5 rings (SSSR count). The van der Waals surface area contributed by atoms with Crippen molar-refractivity contribution in [2.24, 2.45) is 7.05 Å². The first kappa shape index (κ1) is 28.4. The summed E-state index contributed by atoms with van der Waals surface area (Å²) in [6.07, 6.45) is 3.05. The number of nitrogens with zero attached hydrogens (tertiary/aromatic N) is 5. The van der Waals surface area contributed by atoms with Gasteiger partial charge in [-0.05, 0) is 68.6 Å². The lowest BCUT2D eigenvalue weighted by Gasteiger charge is -2.26. The Balaban J connectivity index is 1.43. The van der Waals surface area contributed by atoms with E-state index in [0.29, 0.717) is 29.9 Å². The van der Waals surface area contributed by atoms with Gasteiger partial charge in [0, 0.05) is 49.5 Å². The second-order valence-corrected chi connectivity index (χ2v) is 10.3. The number of amides is 1. The summed E-state index contributed by atoms with van der Waals surface area (Å²) in [7, 11) is 1.86. The lowest BCUT2D eigenvalue weighted by atomic mass is 9.91. The molecule has 0 spiro atoms. The van der Waals surface area contributed by atoms with Crippen molar-refractivity contribution in [1.29, 1.82) is 0 Å². The van der Waals surface area contributed by atoms with Gasteiger partial charge < -0.3 is 10.7 Å². The zero-order valence-corrected chi connectivity index (χ0v) is 23.6. The van der Waals surface area contributed by atoms with Crippen molar-refractivity contribution in [2.45, 2.75) is 40.3 Å². The van der Waals surface area contributed by atoms with Crippen LogP contribution in [0.5, 0.6) is 0 Å². The quantitative estimate of drug-likeness (QED) is 0.389. The maximum absolute atomic E-state index is 14.0. The number of hydrogen-bond acceptors (Lipinski definition) is 7. The topological polar surface area (TPSA) is 90.4 Å². The molecular formula is C29H33F3N8O. The molecule has 3 aromatic rings. The molecule has 4 heterocycles. The molecule has 0 aliphatic carbocycles. The molecule has 2 aliphatic rings. The average molecular weight is 567 g/mol. The van der Waals surface area contributed by atoms with E-state index in [-0.39, 0.29) is 16.8 Å². The van der Waals surface area contributed by atoms with Crippen molar-refractivity contribution in [1.82, 2.24) is 30.6 Å². The Morgan fingerprint density at radius 3 is 2.54 bits per heavy atom. The summed E-state index contributed by atoms with van der Waals surface area (Å²) in [6, 6.07) is 4.28. The van der Waals surface area contributed by atoms with Crippen LogP contribution in [0.25, 0.3) is 11.3 Å². The summed E-state index contributed by atoms with van der Waals surface area (Å²) >= 11 is 0. The third kappa shape index (κ3) is 5.70. The van der Waals surface area contributed by atoms with Crippen LogP contribution in [-0.4, -0.2) is 45.2 Å². The summed E-state index contributed by atoms with van der Waals surface area (Å²) < 4.78 is 43.8. The number of alkyl halides is 3. The third-order valence-corrected chi connectivity index (χ3v) is 7.73. The van der Waals surface area contributed by atoms with Gasteiger partial charge in [-0.15, -0.1) is 5.53 Å². The number of carbonyl (C=O) groups excluding carboxylic acids is 1. The average Bonchev–Trinajstić information content (AvgIpc) is 3.55. The predicted octanol–water partition coefficient (Wildman–Crippen LogP) is 4.95. The number of anilines is 2. The molecule has 1 amide bonds. The van der Waals surface area contributed by atoms with Crippen LogP contribution >= 0.6 is 0 Å². The minimum absolute atomic E-state index is 0.0825. The Labute approximate surface area is 236 Å². The number of carbonyl (C=O) groups is 1. The van der Waals surface area contributed by atoms with Crippen molar-refractivity contribution in [3.8, 4) is 0 Å². The Bertz CT molecular complexity index is 1560. The van der Waals surface area contributed by atoms with Crippen molar-refractivity contribution < 1.29 is 18.0 Å². The number of hydrazine groups is 2. The van der Waals surface area contributed by atoms with Crippen LogP contribution in [0.15, 0.2) is 42.9 Å². The van der Waals surface area contributed by atoms with Gasteiger partial charge in [-0.1, -0.05) is 13.0 Å². The second-order valence-electron chi connectivity index (χ2n) is 10.3. The lowest BCUT2D eigenvalue weighted by molar-refractivity contribution is -0.138. The van der Waals surface area contributed by atoms with Gasteiger partial charge in [0.15, 0.2) is 0 Å². The molecular weight excluding hydrogens is 533 g/mol. The van der Waals surface area contributed by atoms with Crippen LogP contribution in [0.1, 0.15) is 57.3 Å². The largest absolute Gasteiger partial charge is 0.416 e. The van der Waals surface area contributed by atoms with Gasteiger partial charge in [0.2, 0.25) is 0 Å². The molecule has 0 radical (unpaired) electrons. The highest BCUT2D eigenvalue weighted by Crippen LogP contribution is 2.38. The molecule has 0 unspecified atom stereocenters. The Hall–Kier alpha value is -4.16. The zero-order chi connectivity index (χ0) is 29.5. The number of rotatable bonds is 6. The molecule has 9 nitrogen and oxygen atoms in total. The Morgan fingerprint density at radius 2 is 1.90 bits per heavy atom. The van der Waals surface area contributed by atoms with Crippen LogP contribution in [0.4, 0.5) is 24.5 Å². The van der Waals surface area contributed by atoms with Crippen LogP contribution in [0, 0.1) is 20.8 Å². The van der Waals surface area contributed by atoms with Crippen molar-refractivity contribution in [3.05, 3.63) is 82.1 Å². The fourth-order valence-corrected chi connectivity index (χ4v) is 5.09. The van der Waals surface area contributed by atoms with E-state index in [9.17, 15) is 18.0 Å². The van der Waals surface area contributed by atoms with Crippen LogP contribution in [0.3, 0.4) is 0 Å². The molecule has 3 N–H and O–H groups in total. The SMILES string of the molecule is CCN1CC=C(c2cc(NC(=O)c3cnc(C)c(N4C=C(c5cnn(C)c5C)NN4)c3)cc(C(F)(F)F)c2C)CC1. The fraction of sp³-hybridized carbons (Fsp3) is 0.345. The highest BCUT2D eigenvalue weighted by molar-refractivity contribution is 6.05. The van der Waals surface area contributed by atoms with E-state index in [1.807, 2.05) is 26.2 Å². The molecule has 1 aromatic carbocycles. The monoisotopic (exact) mass is 566 g/mol. The number of halogens is 3. The maximum Gasteiger partial charge on any atom is 0.416 e. The van der Waals surface area contributed by atoms with Gasteiger partial charge in [-0.2, -0.15) is 18.3 Å². The zero-order valence-electron chi connectivity index (χ0n) is 23.6. The van der Waals surface area contributed by atoms with Gasteiger partial charge in [-0.25, -0.2) is 0 Å². The molecule has 2 aliphatic heterocycles. The highest BCUT2D eigenvalue weighted by atomic mass is 19.4. The summed E-state index contributed by atoms with van der Waals surface area (Å²) in [5.41, 5.74) is 11.1. The molecule has 0 fully saturated rings. The molecule has 0 bridgehead atoms. The maximum atomic E-state index is 14.0. The first-order valence-electron chi connectivity index (χ1n) is 13.4. The van der Waals surface area contributed by atoms with E-state index in [1.165, 1.54) is 13.1 Å². The lowest BCUT2D eigenvalue weighted by Crippen LogP contribution is -2.36. The number of benzene rings is 1. The standard InChI is InChI=1S/C29H33F3N8O/c1-6-39-9-7-20(8-10-39)23-12-22(13-25(17(23)2)29(30,31)32)35-28(41)21-11-27(18(3)33-14-21)40-16-26(36-37-40)24-15-34-38(5)19(24)4/h7,11-16,36-37H,6,8-10H2,1-5H3,(H,35,41). The molecule has 12 heteroatoms. The Kier molecular flexibility index (Phi) is 7.62. The number of pyridine rings is 1. The van der Waals surface area contributed by atoms with E-state index in [2.05, 4.69) is 38.2 Å². The number of nitrogens with one attached hydrogen (secondary N) is 3. The normalized spacial score (nSPS) is 16.0. The van der Waals surface area contributed by atoms with Gasteiger partial charge in [-0.3, -0.25) is 24.4 Å². The third-order valence-electron chi connectivity index (χ3n) is 7.73. The fourth-order valence-electron chi connectivity index (χ4n) is 5.09. The first-order chi connectivity index (χ1) is 19.5. The predicted molar refractivity (Wildman–Crippen MR) is 152 cm³/mol. The van der Waals surface area contributed by atoms with E-state index in [4.69, 9.17) is 0 Å². The second kappa shape index (κ2) is 11.0. The number of aryl methyl sites for hydroxylation is 2. The van der Waals surface area contributed by atoms with Crippen LogP contribution < -0.4 is 21.3 Å². The molecule has 0 saturated carbocycles. The summed E-state index contributed by atoms with van der Waals surface area (Å²) in [4.78, 5) is 19.9. The van der Waals surface area contributed by atoms with Gasteiger partial charge >= 0.3 is 6.18 Å². The van der Waals surface area contributed by atoms with Crippen LogP contribution in [0.2, 0.25) is 0 Å². The van der Waals surface area contributed by atoms with Crippen molar-refractivity contribution >= 4 is 28.6 Å². The number of hydrogen-bond donors (Lipinski definition) is 3. The van der Waals surface area contributed by atoms with Crippen molar-refractivity contribution in [2.75, 3.05) is 30.0 Å². The van der Waals surface area contributed by atoms with E-state index in [1.54, 1.807) is 34.9 Å². The first-order valence-corrected chi connectivity index (χ1v) is 13.4. The smallest absolute Gasteiger partial charge is 0.322 e. The number of likely N-dealkylation sites (N-methyl/N-ethyl adjacent to an activating group) is 1. The highest BCUT2D eigenvalue weighted by Gasteiger charge is 2.34.